The summed E-state index contributed by atoms with van der Waals surface area (Å²) in [7, 11) is -3.81. The third-order valence-electron chi connectivity index (χ3n) is 3.66. The van der Waals surface area contributed by atoms with Crippen LogP contribution in [0.15, 0.2) is 47.4 Å². The molecule has 0 N–H and O–H groups in total. The number of sulfone groups is 1. The summed E-state index contributed by atoms with van der Waals surface area (Å²) < 4.78 is 36.6. The number of fused-ring (bicyclic) bond motifs is 1. The Labute approximate surface area is 135 Å². The van der Waals surface area contributed by atoms with Gasteiger partial charge in [-0.15, -0.1) is 0 Å². The van der Waals surface area contributed by atoms with E-state index in [4.69, 9.17) is 16.0 Å². The third kappa shape index (κ3) is 2.76. The van der Waals surface area contributed by atoms with Gasteiger partial charge in [-0.05, 0) is 36.8 Å². The second-order valence-corrected chi connectivity index (χ2v) is 7.17. The Kier molecular flexibility index (Phi) is 3.97. The summed E-state index contributed by atoms with van der Waals surface area (Å²) in [5.74, 6) is 1.04. The van der Waals surface area contributed by atoms with Gasteiger partial charge < -0.3 is 9.47 Å². The lowest BCUT2D eigenvalue weighted by atomic mass is 10.2. The lowest BCUT2D eigenvalue weighted by molar-refractivity contribution is 0.171. The maximum Gasteiger partial charge on any atom is 0.350 e. The van der Waals surface area contributed by atoms with Crippen molar-refractivity contribution < 1.29 is 17.9 Å². The molecule has 0 saturated carbocycles. The number of nitrogens with zero attached hydrogens (tertiary/aromatic N) is 1. The van der Waals surface area contributed by atoms with Gasteiger partial charge in [-0.3, -0.25) is 4.85 Å². The lowest BCUT2D eigenvalue weighted by Crippen LogP contribution is -2.16. The minimum Gasteiger partial charge on any atom is -0.486 e. The van der Waals surface area contributed by atoms with Gasteiger partial charge in [0, 0.05) is 0 Å². The molecule has 118 valence electrons. The number of aryl methyl sites for hydroxylation is 1. The Morgan fingerprint density at radius 3 is 2.48 bits per heavy atom. The van der Waals surface area contributed by atoms with Gasteiger partial charge in [0.05, 0.1) is 10.5 Å². The summed E-state index contributed by atoms with van der Waals surface area (Å²) in [6.07, 6.45) is 0. The molecular weight excluding hydrogens is 314 g/mol. The molecule has 1 atom stereocenters. The van der Waals surface area contributed by atoms with Gasteiger partial charge in [-0.2, -0.15) is 0 Å². The highest BCUT2D eigenvalue weighted by Crippen LogP contribution is 2.37. The van der Waals surface area contributed by atoms with Crippen LogP contribution in [0.4, 0.5) is 0 Å². The van der Waals surface area contributed by atoms with E-state index in [0.29, 0.717) is 35.8 Å². The van der Waals surface area contributed by atoms with Crippen molar-refractivity contribution >= 4 is 9.84 Å². The Bertz CT molecular complexity index is 884. The number of rotatable bonds is 3. The van der Waals surface area contributed by atoms with Gasteiger partial charge in [0.1, 0.15) is 13.2 Å². The van der Waals surface area contributed by atoms with E-state index >= 15 is 0 Å². The Balaban J connectivity index is 2.07. The zero-order valence-corrected chi connectivity index (χ0v) is 13.3. The Morgan fingerprint density at radius 1 is 1.09 bits per heavy atom. The van der Waals surface area contributed by atoms with Crippen molar-refractivity contribution in [1.82, 2.24) is 0 Å². The second kappa shape index (κ2) is 5.94. The van der Waals surface area contributed by atoms with Crippen molar-refractivity contribution in [2.75, 3.05) is 13.2 Å². The van der Waals surface area contributed by atoms with Crippen LogP contribution >= 0.6 is 0 Å². The topological polar surface area (TPSA) is 57.0 Å². The quantitative estimate of drug-likeness (QED) is 0.812. The SMILES string of the molecule is [C-]#[N+]C(c1ccc2c(c1)OCCO2)S(=O)(=O)c1ccccc1C. The van der Waals surface area contributed by atoms with Crippen LogP contribution in [0.2, 0.25) is 0 Å². The first-order chi connectivity index (χ1) is 11.0. The van der Waals surface area contributed by atoms with Crippen molar-refractivity contribution in [2.45, 2.75) is 17.2 Å². The van der Waals surface area contributed by atoms with Crippen LogP contribution in [0.1, 0.15) is 16.5 Å². The molecule has 0 aromatic heterocycles. The lowest BCUT2D eigenvalue weighted by Gasteiger charge is -2.19. The van der Waals surface area contributed by atoms with Gasteiger partial charge >= 0.3 is 5.37 Å². The summed E-state index contributed by atoms with van der Waals surface area (Å²) >= 11 is 0. The number of hydrogen-bond donors (Lipinski definition) is 0. The van der Waals surface area contributed by atoms with E-state index < -0.39 is 15.2 Å². The maximum atomic E-state index is 12.9. The van der Waals surface area contributed by atoms with E-state index in [2.05, 4.69) is 4.85 Å². The van der Waals surface area contributed by atoms with E-state index in [1.807, 2.05) is 0 Å². The van der Waals surface area contributed by atoms with Crippen LogP contribution in [-0.2, 0) is 9.84 Å². The second-order valence-electron chi connectivity index (χ2n) is 5.20. The first kappa shape index (κ1) is 15.4. The number of benzene rings is 2. The largest absolute Gasteiger partial charge is 0.486 e. The van der Waals surface area contributed by atoms with Crippen LogP contribution in [0.5, 0.6) is 11.5 Å². The molecular formula is C17H15NO4S. The van der Waals surface area contributed by atoms with Crippen LogP contribution in [-0.4, -0.2) is 21.6 Å². The Hall–Kier alpha value is -2.52. The van der Waals surface area contributed by atoms with E-state index in [0.717, 1.165) is 0 Å². The average molecular weight is 329 g/mol. The van der Waals surface area contributed by atoms with Gasteiger partial charge in [0.2, 0.25) is 0 Å². The third-order valence-corrected chi connectivity index (χ3v) is 5.70. The fourth-order valence-corrected chi connectivity index (χ4v) is 4.20. The highest BCUT2D eigenvalue weighted by atomic mass is 32.2. The van der Waals surface area contributed by atoms with Crippen LogP contribution in [0.3, 0.4) is 0 Å². The zero-order chi connectivity index (χ0) is 16.4. The predicted octanol–water partition coefficient (Wildman–Crippen LogP) is 3.16. The molecule has 1 unspecified atom stereocenters. The summed E-state index contributed by atoms with van der Waals surface area (Å²) in [4.78, 5) is 3.54. The van der Waals surface area contributed by atoms with E-state index in [-0.39, 0.29) is 4.90 Å². The molecule has 0 spiro atoms. The van der Waals surface area contributed by atoms with Gasteiger partial charge in [0.25, 0.3) is 9.84 Å². The molecule has 1 aliphatic rings. The molecule has 5 nitrogen and oxygen atoms in total. The van der Waals surface area contributed by atoms with Gasteiger partial charge in [-0.25, -0.2) is 15.0 Å². The smallest absolute Gasteiger partial charge is 0.350 e. The summed E-state index contributed by atoms with van der Waals surface area (Å²) in [6.45, 7) is 9.97. The summed E-state index contributed by atoms with van der Waals surface area (Å²) in [5.41, 5.74) is 1.01. The van der Waals surface area contributed by atoms with Crippen molar-refractivity contribution in [2.24, 2.45) is 0 Å². The molecule has 0 aliphatic carbocycles. The molecule has 23 heavy (non-hydrogen) atoms. The van der Waals surface area contributed by atoms with E-state index in [1.54, 1.807) is 43.3 Å². The van der Waals surface area contributed by atoms with Crippen molar-refractivity contribution in [1.29, 1.82) is 0 Å². The fraction of sp³-hybridized carbons (Fsp3) is 0.235. The molecule has 0 fully saturated rings. The van der Waals surface area contributed by atoms with Crippen molar-refractivity contribution in [3.8, 4) is 11.5 Å². The zero-order valence-electron chi connectivity index (χ0n) is 12.5. The van der Waals surface area contributed by atoms with E-state index in [9.17, 15) is 8.42 Å². The molecule has 0 radical (unpaired) electrons. The summed E-state index contributed by atoms with van der Waals surface area (Å²) in [5, 5.41) is -1.31. The molecule has 1 heterocycles. The first-order valence-electron chi connectivity index (χ1n) is 7.09. The summed E-state index contributed by atoms with van der Waals surface area (Å²) in [6, 6.07) is 11.5. The molecule has 2 aromatic rings. The van der Waals surface area contributed by atoms with Crippen LogP contribution in [0, 0.1) is 13.5 Å². The average Bonchev–Trinajstić information content (AvgIpc) is 2.55. The molecule has 3 rings (SSSR count). The predicted molar refractivity (Wildman–Crippen MR) is 85.1 cm³/mol. The molecule has 0 amide bonds. The van der Waals surface area contributed by atoms with E-state index in [1.165, 1.54) is 6.07 Å². The molecule has 0 bridgehead atoms. The van der Waals surface area contributed by atoms with Crippen molar-refractivity contribution in [3.63, 3.8) is 0 Å². The standard InChI is InChI=1S/C17H15NO4S/c1-12-5-3-4-6-16(12)23(19,20)17(18-2)13-7-8-14-15(11-13)22-10-9-21-14/h3-8,11,17H,9-10H2,1H3. The van der Waals surface area contributed by atoms with Gasteiger partial charge in [-0.1, -0.05) is 18.2 Å². The molecule has 6 heteroatoms. The minimum atomic E-state index is -3.81. The highest BCUT2D eigenvalue weighted by Gasteiger charge is 2.36. The Morgan fingerprint density at radius 2 is 1.78 bits per heavy atom. The fourth-order valence-electron chi connectivity index (χ4n) is 2.53. The minimum absolute atomic E-state index is 0.177. The maximum absolute atomic E-state index is 12.9. The number of ether oxygens (including phenoxy) is 2. The number of hydrogen-bond acceptors (Lipinski definition) is 4. The molecule has 2 aromatic carbocycles. The molecule has 1 aliphatic heterocycles. The monoisotopic (exact) mass is 329 g/mol. The van der Waals surface area contributed by atoms with Gasteiger partial charge in [0.15, 0.2) is 11.5 Å². The normalized spacial score (nSPS) is 14.8. The molecule has 0 saturated heterocycles. The first-order valence-corrected chi connectivity index (χ1v) is 8.64. The van der Waals surface area contributed by atoms with Crippen LogP contribution < -0.4 is 9.47 Å². The van der Waals surface area contributed by atoms with Crippen molar-refractivity contribution in [3.05, 3.63) is 65.0 Å². The van der Waals surface area contributed by atoms with Crippen LogP contribution in [0.25, 0.3) is 4.85 Å². The highest BCUT2D eigenvalue weighted by molar-refractivity contribution is 7.91.